The van der Waals surface area contributed by atoms with Gasteiger partial charge in [0.15, 0.2) is 0 Å². The lowest BCUT2D eigenvalue weighted by Gasteiger charge is -2.23. The SMILES string of the molecule is COc1ccc(C2C([N+](=O)[O-])=C(N)Oc3cc(C)oc(=O)c32)cc1. The Balaban J connectivity index is 2.26. The molecule has 0 saturated carbocycles. The van der Waals surface area contributed by atoms with Gasteiger partial charge >= 0.3 is 11.3 Å². The molecule has 1 unspecified atom stereocenters. The van der Waals surface area contributed by atoms with Crippen LogP contribution in [-0.4, -0.2) is 12.0 Å². The van der Waals surface area contributed by atoms with Gasteiger partial charge in [-0.3, -0.25) is 10.1 Å². The molecule has 1 aliphatic rings. The highest BCUT2D eigenvalue weighted by Crippen LogP contribution is 2.41. The fourth-order valence-electron chi connectivity index (χ4n) is 2.70. The van der Waals surface area contributed by atoms with Crippen molar-refractivity contribution in [2.75, 3.05) is 7.11 Å². The van der Waals surface area contributed by atoms with Crippen LogP contribution in [0, 0.1) is 17.0 Å². The lowest BCUT2D eigenvalue weighted by atomic mass is 9.87. The summed E-state index contributed by atoms with van der Waals surface area (Å²) in [6, 6.07) is 8.04. The molecule has 8 nitrogen and oxygen atoms in total. The highest BCUT2D eigenvalue weighted by atomic mass is 16.6. The maximum absolute atomic E-state index is 12.3. The van der Waals surface area contributed by atoms with Gasteiger partial charge in [-0.1, -0.05) is 12.1 Å². The Morgan fingerprint density at radius 2 is 1.96 bits per heavy atom. The second kappa shape index (κ2) is 5.73. The number of hydrogen-bond acceptors (Lipinski definition) is 7. The zero-order valence-corrected chi connectivity index (χ0v) is 12.9. The number of methoxy groups -OCH3 is 1. The van der Waals surface area contributed by atoms with Crippen molar-refractivity contribution in [3.63, 3.8) is 0 Å². The molecule has 2 aromatic rings. The summed E-state index contributed by atoms with van der Waals surface area (Å²) in [5.41, 5.74) is 5.19. The third-order valence-electron chi connectivity index (χ3n) is 3.75. The van der Waals surface area contributed by atoms with Crippen LogP contribution in [0.5, 0.6) is 11.5 Å². The first-order valence-corrected chi connectivity index (χ1v) is 7.03. The average molecular weight is 330 g/mol. The van der Waals surface area contributed by atoms with Crippen molar-refractivity contribution in [3.8, 4) is 11.5 Å². The smallest absolute Gasteiger partial charge is 0.344 e. The maximum atomic E-state index is 12.3. The van der Waals surface area contributed by atoms with Crippen molar-refractivity contribution < 1.29 is 18.8 Å². The summed E-state index contributed by atoms with van der Waals surface area (Å²) < 4.78 is 15.5. The first-order chi connectivity index (χ1) is 11.4. The minimum Gasteiger partial charge on any atom is -0.497 e. The van der Waals surface area contributed by atoms with E-state index in [4.69, 9.17) is 19.6 Å². The zero-order chi connectivity index (χ0) is 17.4. The molecule has 0 amide bonds. The summed E-state index contributed by atoms with van der Waals surface area (Å²) in [7, 11) is 1.51. The van der Waals surface area contributed by atoms with Crippen molar-refractivity contribution in [2.24, 2.45) is 5.73 Å². The molecule has 3 rings (SSSR count). The number of benzene rings is 1. The molecular formula is C16H14N2O6. The number of rotatable bonds is 3. The first-order valence-electron chi connectivity index (χ1n) is 7.03. The number of hydrogen-bond donors (Lipinski definition) is 1. The van der Waals surface area contributed by atoms with E-state index >= 15 is 0 Å². The molecule has 8 heteroatoms. The first kappa shape index (κ1) is 15.6. The van der Waals surface area contributed by atoms with E-state index in [1.54, 1.807) is 31.2 Å². The van der Waals surface area contributed by atoms with Crippen molar-refractivity contribution in [1.82, 2.24) is 0 Å². The Bertz CT molecular complexity index is 898. The summed E-state index contributed by atoms with van der Waals surface area (Å²) in [4.78, 5) is 23.2. The minimum absolute atomic E-state index is 0.0478. The topological polar surface area (TPSA) is 118 Å². The maximum Gasteiger partial charge on any atom is 0.344 e. The van der Waals surface area contributed by atoms with Crippen LogP contribution >= 0.6 is 0 Å². The molecule has 1 aromatic carbocycles. The number of ether oxygens (including phenoxy) is 2. The number of nitro groups is 1. The van der Waals surface area contributed by atoms with Gasteiger partial charge in [-0.2, -0.15) is 0 Å². The fraction of sp³-hybridized carbons (Fsp3) is 0.188. The highest BCUT2D eigenvalue weighted by molar-refractivity contribution is 5.49. The second-order valence-electron chi connectivity index (χ2n) is 5.24. The molecule has 1 aromatic heterocycles. The van der Waals surface area contributed by atoms with Crippen LogP contribution in [0.25, 0.3) is 0 Å². The summed E-state index contributed by atoms with van der Waals surface area (Å²) >= 11 is 0. The molecular weight excluding hydrogens is 316 g/mol. The Morgan fingerprint density at radius 3 is 2.54 bits per heavy atom. The van der Waals surface area contributed by atoms with E-state index in [1.807, 2.05) is 0 Å². The molecule has 0 aliphatic carbocycles. The predicted molar refractivity (Wildman–Crippen MR) is 83.4 cm³/mol. The Kier molecular flexibility index (Phi) is 3.72. The zero-order valence-electron chi connectivity index (χ0n) is 12.9. The van der Waals surface area contributed by atoms with Crippen LogP contribution in [0.2, 0.25) is 0 Å². The van der Waals surface area contributed by atoms with E-state index in [0.29, 0.717) is 17.1 Å². The normalized spacial score (nSPS) is 16.3. The second-order valence-corrected chi connectivity index (χ2v) is 5.24. The Hall–Kier alpha value is -3.29. The average Bonchev–Trinajstić information content (AvgIpc) is 2.53. The van der Waals surface area contributed by atoms with E-state index in [2.05, 4.69) is 0 Å². The quantitative estimate of drug-likeness (QED) is 0.674. The van der Waals surface area contributed by atoms with Gasteiger partial charge in [-0.25, -0.2) is 4.79 Å². The van der Waals surface area contributed by atoms with Gasteiger partial charge in [-0.15, -0.1) is 0 Å². The minimum atomic E-state index is -0.994. The lowest BCUT2D eigenvalue weighted by molar-refractivity contribution is -0.432. The van der Waals surface area contributed by atoms with Gasteiger partial charge in [0.2, 0.25) is 0 Å². The van der Waals surface area contributed by atoms with Crippen molar-refractivity contribution in [3.05, 3.63) is 79.3 Å². The third kappa shape index (κ3) is 2.47. The van der Waals surface area contributed by atoms with E-state index in [0.717, 1.165) is 0 Å². The number of nitrogens with zero attached hydrogens (tertiary/aromatic N) is 1. The third-order valence-corrected chi connectivity index (χ3v) is 3.75. The lowest BCUT2D eigenvalue weighted by Crippen LogP contribution is -2.29. The van der Waals surface area contributed by atoms with Gasteiger partial charge in [0, 0.05) is 6.07 Å². The van der Waals surface area contributed by atoms with Crippen LogP contribution in [-0.2, 0) is 0 Å². The summed E-state index contributed by atoms with van der Waals surface area (Å²) in [6.07, 6.45) is 0. The highest BCUT2D eigenvalue weighted by Gasteiger charge is 2.41. The number of allylic oxidation sites excluding steroid dienone is 1. The number of fused-ring (bicyclic) bond motifs is 1. The van der Waals surface area contributed by atoms with Gasteiger partial charge in [0.1, 0.15) is 23.2 Å². The molecule has 2 heterocycles. The van der Waals surface area contributed by atoms with Crippen LogP contribution in [0.1, 0.15) is 22.8 Å². The van der Waals surface area contributed by atoms with Gasteiger partial charge < -0.3 is 19.6 Å². The Labute approximate surface area is 136 Å². The molecule has 1 atom stereocenters. The van der Waals surface area contributed by atoms with E-state index in [-0.39, 0.29) is 17.2 Å². The molecule has 0 spiro atoms. The number of aryl methyl sites for hydroxylation is 1. The predicted octanol–water partition coefficient (Wildman–Crippen LogP) is 1.89. The molecule has 0 fully saturated rings. The molecule has 2 N–H and O–H groups in total. The summed E-state index contributed by atoms with van der Waals surface area (Å²) in [6.45, 7) is 1.58. The van der Waals surface area contributed by atoms with E-state index < -0.39 is 22.2 Å². The van der Waals surface area contributed by atoms with Crippen LogP contribution in [0.3, 0.4) is 0 Å². The number of nitrogens with two attached hydrogens (primary N) is 1. The van der Waals surface area contributed by atoms with Crippen molar-refractivity contribution in [2.45, 2.75) is 12.8 Å². The van der Waals surface area contributed by atoms with Crippen LogP contribution < -0.4 is 20.8 Å². The fourth-order valence-corrected chi connectivity index (χ4v) is 2.70. The van der Waals surface area contributed by atoms with E-state index in [9.17, 15) is 14.9 Å². The molecule has 0 bridgehead atoms. The van der Waals surface area contributed by atoms with E-state index in [1.165, 1.54) is 13.2 Å². The monoisotopic (exact) mass is 330 g/mol. The standard InChI is InChI=1S/C16H14N2O6/c1-8-7-11-13(16(19)23-8)12(14(18(20)21)15(17)24-11)9-3-5-10(22-2)6-4-9/h3-7,12H,17H2,1-2H3. The Morgan fingerprint density at radius 1 is 1.29 bits per heavy atom. The molecule has 124 valence electrons. The van der Waals surface area contributed by atoms with Crippen LogP contribution in [0.15, 0.2) is 51.1 Å². The van der Waals surface area contributed by atoms with Gasteiger partial charge in [-0.05, 0) is 24.6 Å². The molecule has 0 radical (unpaired) electrons. The summed E-state index contributed by atoms with van der Waals surface area (Å²) in [5.74, 6) is -0.274. The van der Waals surface area contributed by atoms with Crippen molar-refractivity contribution in [1.29, 1.82) is 0 Å². The summed E-state index contributed by atoms with van der Waals surface area (Å²) in [5, 5.41) is 11.5. The van der Waals surface area contributed by atoms with Crippen molar-refractivity contribution >= 4 is 0 Å². The molecule has 0 saturated heterocycles. The van der Waals surface area contributed by atoms with Gasteiger partial charge in [0.05, 0.1) is 17.6 Å². The van der Waals surface area contributed by atoms with Crippen LogP contribution in [0.4, 0.5) is 0 Å². The molecule has 1 aliphatic heterocycles. The molecule has 24 heavy (non-hydrogen) atoms. The largest absolute Gasteiger partial charge is 0.497 e. The van der Waals surface area contributed by atoms with Gasteiger partial charge in [0.25, 0.3) is 5.88 Å².